The van der Waals surface area contributed by atoms with Gasteiger partial charge in [-0.1, -0.05) is 18.2 Å². The van der Waals surface area contributed by atoms with Crippen molar-refractivity contribution >= 4 is 11.8 Å². The molecule has 0 aliphatic carbocycles. The number of rotatable bonds is 4. The zero-order chi connectivity index (χ0) is 12.8. The molecule has 0 radical (unpaired) electrons. The molecule has 0 spiro atoms. The molecule has 1 aromatic carbocycles. The third kappa shape index (κ3) is 3.45. The van der Waals surface area contributed by atoms with Crippen LogP contribution < -0.4 is 0 Å². The SMILES string of the molecule is O=C1C=CO[C@H](CCOC(=O)c2ccccc2)C1. The molecule has 0 saturated heterocycles. The highest BCUT2D eigenvalue weighted by Crippen LogP contribution is 2.11. The van der Waals surface area contributed by atoms with Crippen LogP contribution in [0, 0.1) is 0 Å². The van der Waals surface area contributed by atoms with Gasteiger partial charge < -0.3 is 9.47 Å². The average molecular weight is 246 g/mol. The van der Waals surface area contributed by atoms with Crippen molar-refractivity contribution < 1.29 is 19.1 Å². The normalized spacial score (nSPS) is 18.2. The van der Waals surface area contributed by atoms with E-state index in [-0.39, 0.29) is 24.5 Å². The topological polar surface area (TPSA) is 52.6 Å². The van der Waals surface area contributed by atoms with E-state index >= 15 is 0 Å². The van der Waals surface area contributed by atoms with Crippen LogP contribution in [0.25, 0.3) is 0 Å². The molecule has 0 N–H and O–H groups in total. The van der Waals surface area contributed by atoms with Crippen molar-refractivity contribution in [2.75, 3.05) is 6.61 Å². The summed E-state index contributed by atoms with van der Waals surface area (Å²) in [5, 5.41) is 0. The van der Waals surface area contributed by atoms with E-state index in [0.717, 1.165) is 0 Å². The van der Waals surface area contributed by atoms with Gasteiger partial charge in [-0.3, -0.25) is 4.79 Å². The number of carbonyl (C=O) groups excluding carboxylic acids is 2. The summed E-state index contributed by atoms with van der Waals surface area (Å²) in [6.45, 7) is 0.250. The first-order valence-corrected chi connectivity index (χ1v) is 5.83. The average Bonchev–Trinajstić information content (AvgIpc) is 2.40. The van der Waals surface area contributed by atoms with Gasteiger partial charge in [-0.2, -0.15) is 0 Å². The van der Waals surface area contributed by atoms with Gasteiger partial charge in [0, 0.05) is 18.9 Å². The van der Waals surface area contributed by atoms with Gasteiger partial charge in [0.1, 0.15) is 6.10 Å². The third-order valence-electron chi connectivity index (χ3n) is 2.64. The number of ketones is 1. The van der Waals surface area contributed by atoms with Crippen molar-refractivity contribution in [3.8, 4) is 0 Å². The Morgan fingerprint density at radius 1 is 1.33 bits per heavy atom. The van der Waals surface area contributed by atoms with E-state index in [1.165, 1.54) is 12.3 Å². The molecule has 0 fully saturated rings. The summed E-state index contributed by atoms with van der Waals surface area (Å²) in [4.78, 5) is 22.7. The maximum Gasteiger partial charge on any atom is 0.338 e. The van der Waals surface area contributed by atoms with E-state index in [1.807, 2.05) is 6.07 Å². The first kappa shape index (κ1) is 12.4. The Kier molecular flexibility index (Phi) is 4.12. The van der Waals surface area contributed by atoms with E-state index in [9.17, 15) is 9.59 Å². The molecule has 4 heteroatoms. The molecule has 0 amide bonds. The first-order chi connectivity index (χ1) is 8.75. The lowest BCUT2D eigenvalue weighted by molar-refractivity contribution is -0.118. The van der Waals surface area contributed by atoms with Crippen LogP contribution in [0.1, 0.15) is 23.2 Å². The van der Waals surface area contributed by atoms with Crippen molar-refractivity contribution in [2.45, 2.75) is 18.9 Å². The van der Waals surface area contributed by atoms with Crippen LogP contribution in [0.3, 0.4) is 0 Å². The third-order valence-corrected chi connectivity index (χ3v) is 2.64. The van der Waals surface area contributed by atoms with Crippen molar-refractivity contribution in [3.05, 3.63) is 48.2 Å². The van der Waals surface area contributed by atoms with Crippen LogP contribution in [0.15, 0.2) is 42.7 Å². The number of benzene rings is 1. The molecule has 0 unspecified atom stereocenters. The smallest absolute Gasteiger partial charge is 0.338 e. The van der Waals surface area contributed by atoms with Gasteiger partial charge in [-0.25, -0.2) is 4.79 Å². The Labute approximate surface area is 105 Å². The molecule has 1 atom stereocenters. The standard InChI is InChI=1S/C14H14O4/c15-12-6-8-17-13(10-12)7-9-18-14(16)11-4-2-1-3-5-11/h1-6,8,13H,7,9-10H2/t13-/m1/s1. The van der Waals surface area contributed by atoms with Crippen LogP contribution >= 0.6 is 0 Å². The minimum atomic E-state index is -0.353. The summed E-state index contributed by atoms with van der Waals surface area (Å²) >= 11 is 0. The molecule has 0 aromatic heterocycles. The molecule has 1 aliphatic heterocycles. The molecule has 94 valence electrons. The molecule has 1 heterocycles. The Hall–Kier alpha value is -2.10. The summed E-state index contributed by atoms with van der Waals surface area (Å²) < 4.78 is 10.4. The Bertz CT molecular complexity index is 450. The van der Waals surface area contributed by atoms with Gasteiger partial charge in [0.2, 0.25) is 0 Å². The fraction of sp³-hybridized carbons (Fsp3) is 0.286. The summed E-state index contributed by atoms with van der Waals surface area (Å²) in [5.41, 5.74) is 0.526. The van der Waals surface area contributed by atoms with Crippen LogP contribution in [0.5, 0.6) is 0 Å². The van der Waals surface area contributed by atoms with Crippen molar-refractivity contribution in [1.82, 2.24) is 0 Å². The van der Waals surface area contributed by atoms with Gasteiger partial charge in [0.15, 0.2) is 5.78 Å². The second kappa shape index (κ2) is 6.00. The monoisotopic (exact) mass is 246 g/mol. The van der Waals surface area contributed by atoms with Crippen molar-refractivity contribution in [2.24, 2.45) is 0 Å². The summed E-state index contributed by atoms with van der Waals surface area (Å²) in [6.07, 6.45) is 3.49. The van der Waals surface area contributed by atoms with Crippen molar-refractivity contribution in [1.29, 1.82) is 0 Å². The summed E-state index contributed by atoms with van der Waals surface area (Å²) in [5.74, 6) is -0.311. The van der Waals surface area contributed by atoms with E-state index in [2.05, 4.69) is 0 Å². The predicted octanol–water partition coefficient (Wildman–Crippen LogP) is 2.11. The summed E-state index contributed by atoms with van der Waals surface area (Å²) in [6, 6.07) is 8.80. The summed E-state index contributed by atoms with van der Waals surface area (Å²) in [7, 11) is 0. The molecular weight excluding hydrogens is 232 g/mol. The second-order valence-electron chi connectivity index (χ2n) is 4.02. The van der Waals surface area contributed by atoms with Gasteiger partial charge in [0.25, 0.3) is 0 Å². The molecule has 4 nitrogen and oxygen atoms in total. The maximum absolute atomic E-state index is 11.6. The number of hydrogen-bond acceptors (Lipinski definition) is 4. The first-order valence-electron chi connectivity index (χ1n) is 5.83. The molecule has 1 aromatic rings. The number of hydrogen-bond donors (Lipinski definition) is 0. The minimum Gasteiger partial charge on any atom is -0.497 e. The Balaban J connectivity index is 1.74. The van der Waals surface area contributed by atoms with Gasteiger partial charge in [0.05, 0.1) is 18.4 Å². The quantitative estimate of drug-likeness (QED) is 0.763. The van der Waals surface area contributed by atoms with Crippen molar-refractivity contribution in [3.63, 3.8) is 0 Å². The zero-order valence-electron chi connectivity index (χ0n) is 9.87. The lowest BCUT2D eigenvalue weighted by atomic mass is 10.1. The highest BCUT2D eigenvalue weighted by Gasteiger charge is 2.17. The molecule has 2 rings (SSSR count). The van der Waals surface area contributed by atoms with Gasteiger partial charge in [-0.05, 0) is 12.1 Å². The number of ether oxygens (including phenoxy) is 2. The van der Waals surface area contributed by atoms with Gasteiger partial charge in [-0.15, -0.1) is 0 Å². The maximum atomic E-state index is 11.6. The Morgan fingerprint density at radius 2 is 2.11 bits per heavy atom. The second-order valence-corrected chi connectivity index (χ2v) is 4.02. The fourth-order valence-electron chi connectivity index (χ4n) is 1.68. The van der Waals surface area contributed by atoms with E-state index < -0.39 is 0 Å². The lowest BCUT2D eigenvalue weighted by Crippen LogP contribution is -2.21. The van der Waals surface area contributed by atoms with Crippen LogP contribution in [-0.4, -0.2) is 24.5 Å². The highest BCUT2D eigenvalue weighted by atomic mass is 16.5. The zero-order valence-corrected chi connectivity index (χ0v) is 9.87. The Morgan fingerprint density at radius 3 is 2.83 bits per heavy atom. The van der Waals surface area contributed by atoms with E-state index in [0.29, 0.717) is 18.4 Å². The molecular formula is C14H14O4. The van der Waals surface area contributed by atoms with Crippen LogP contribution in [0.2, 0.25) is 0 Å². The lowest BCUT2D eigenvalue weighted by Gasteiger charge is -2.18. The van der Waals surface area contributed by atoms with E-state index in [4.69, 9.17) is 9.47 Å². The van der Waals surface area contributed by atoms with Crippen LogP contribution in [0.4, 0.5) is 0 Å². The van der Waals surface area contributed by atoms with Gasteiger partial charge >= 0.3 is 5.97 Å². The molecule has 0 bridgehead atoms. The highest BCUT2D eigenvalue weighted by molar-refractivity contribution is 5.90. The molecule has 18 heavy (non-hydrogen) atoms. The molecule has 1 aliphatic rings. The fourth-order valence-corrected chi connectivity index (χ4v) is 1.68. The number of carbonyl (C=O) groups is 2. The number of esters is 1. The number of allylic oxidation sites excluding steroid dienone is 1. The van der Waals surface area contributed by atoms with E-state index in [1.54, 1.807) is 24.3 Å². The minimum absolute atomic E-state index is 0.0423. The molecule has 0 saturated carbocycles. The largest absolute Gasteiger partial charge is 0.497 e. The predicted molar refractivity (Wildman–Crippen MR) is 65.0 cm³/mol. The van der Waals surface area contributed by atoms with Crippen LogP contribution in [-0.2, 0) is 14.3 Å².